The van der Waals surface area contributed by atoms with Gasteiger partial charge in [-0.05, 0) is 35.4 Å². The summed E-state index contributed by atoms with van der Waals surface area (Å²) in [6.45, 7) is 0. The molecule has 0 spiro atoms. The van der Waals surface area contributed by atoms with Gasteiger partial charge in [-0.1, -0.05) is 36.4 Å². The number of carboxylic acid groups (broad SMARTS) is 1. The molecule has 114 valence electrons. The average molecular weight is 307 g/mol. The summed E-state index contributed by atoms with van der Waals surface area (Å²) in [4.78, 5) is 10.5. The third kappa shape index (κ3) is 4.37. The molecule has 2 aromatic carbocycles. The van der Waals surface area contributed by atoms with Crippen molar-refractivity contribution in [1.29, 1.82) is 0 Å². The standard InChI is InChI=1S/C16H12F3NO2/c17-16(18,19)13-7-3-11(4-8-13)1-2-12-5-9-14(10-6-12)20-15(21)22/h1-10,20H,(H,21,22). The molecular formula is C16H12F3NO2. The number of benzene rings is 2. The molecule has 0 aliphatic heterocycles. The van der Waals surface area contributed by atoms with E-state index in [-0.39, 0.29) is 0 Å². The highest BCUT2D eigenvalue weighted by atomic mass is 19.4. The molecular weight excluding hydrogens is 295 g/mol. The first-order valence-electron chi connectivity index (χ1n) is 6.30. The van der Waals surface area contributed by atoms with Gasteiger partial charge in [-0.3, -0.25) is 5.32 Å². The summed E-state index contributed by atoms with van der Waals surface area (Å²) in [6.07, 6.45) is -2.07. The lowest BCUT2D eigenvalue weighted by molar-refractivity contribution is -0.137. The van der Waals surface area contributed by atoms with Crippen LogP contribution >= 0.6 is 0 Å². The number of hydrogen-bond acceptors (Lipinski definition) is 1. The second-order valence-electron chi connectivity index (χ2n) is 4.51. The van der Waals surface area contributed by atoms with E-state index in [4.69, 9.17) is 5.11 Å². The zero-order chi connectivity index (χ0) is 16.2. The maximum atomic E-state index is 12.4. The van der Waals surface area contributed by atoms with Crippen molar-refractivity contribution in [3.05, 3.63) is 65.2 Å². The van der Waals surface area contributed by atoms with Crippen LogP contribution in [0.5, 0.6) is 0 Å². The molecule has 2 N–H and O–H groups in total. The quantitative estimate of drug-likeness (QED) is 0.787. The Hall–Kier alpha value is -2.76. The van der Waals surface area contributed by atoms with Crippen LogP contribution in [0.1, 0.15) is 16.7 Å². The molecule has 0 bridgehead atoms. The molecule has 0 atom stereocenters. The molecule has 0 aromatic heterocycles. The van der Waals surface area contributed by atoms with Crippen LogP contribution in [0.2, 0.25) is 0 Å². The van der Waals surface area contributed by atoms with E-state index in [0.29, 0.717) is 11.3 Å². The van der Waals surface area contributed by atoms with Crippen molar-refractivity contribution in [3.63, 3.8) is 0 Å². The van der Waals surface area contributed by atoms with Gasteiger partial charge in [0.2, 0.25) is 0 Å². The molecule has 0 unspecified atom stereocenters. The fourth-order valence-corrected chi connectivity index (χ4v) is 1.78. The molecule has 0 radical (unpaired) electrons. The third-order valence-electron chi connectivity index (χ3n) is 2.87. The smallest absolute Gasteiger partial charge is 0.416 e. The van der Waals surface area contributed by atoms with Gasteiger partial charge in [-0.2, -0.15) is 13.2 Å². The molecule has 0 aliphatic carbocycles. The second-order valence-corrected chi connectivity index (χ2v) is 4.51. The van der Waals surface area contributed by atoms with Crippen molar-refractivity contribution < 1.29 is 23.1 Å². The Balaban J connectivity index is 2.06. The van der Waals surface area contributed by atoms with Crippen LogP contribution in [0.4, 0.5) is 23.7 Å². The van der Waals surface area contributed by atoms with E-state index in [0.717, 1.165) is 17.7 Å². The van der Waals surface area contributed by atoms with Gasteiger partial charge in [-0.25, -0.2) is 4.79 Å². The van der Waals surface area contributed by atoms with E-state index >= 15 is 0 Å². The van der Waals surface area contributed by atoms with E-state index in [2.05, 4.69) is 5.32 Å². The number of halogens is 3. The summed E-state index contributed by atoms with van der Waals surface area (Å²) in [5.74, 6) is 0. The normalized spacial score (nSPS) is 11.6. The lowest BCUT2D eigenvalue weighted by Crippen LogP contribution is -2.06. The Bertz CT molecular complexity index is 674. The molecule has 6 heteroatoms. The van der Waals surface area contributed by atoms with Gasteiger partial charge in [0.1, 0.15) is 0 Å². The number of hydrogen-bond donors (Lipinski definition) is 2. The van der Waals surface area contributed by atoms with Crippen LogP contribution in [0, 0.1) is 0 Å². The topological polar surface area (TPSA) is 49.3 Å². The molecule has 2 rings (SSSR count). The van der Waals surface area contributed by atoms with Gasteiger partial charge < -0.3 is 5.11 Å². The van der Waals surface area contributed by atoms with Crippen LogP contribution in [0.25, 0.3) is 12.2 Å². The molecule has 0 aliphatic rings. The van der Waals surface area contributed by atoms with Crippen LogP contribution < -0.4 is 5.32 Å². The molecule has 22 heavy (non-hydrogen) atoms. The number of anilines is 1. The molecule has 0 fully saturated rings. The molecule has 0 saturated carbocycles. The van der Waals surface area contributed by atoms with Gasteiger partial charge in [0.15, 0.2) is 0 Å². The van der Waals surface area contributed by atoms with Crippen molar-refractivity contribution in [2.75, 3.05) is 5.32 Å². The van der Waals surface area contributed by atoms with Crippen LogP contribution in [0.15, 0.2) is 48.5 Å². The Kier molecular flexibility index (Phi) is 4.50. The van der Waals surface area contributed by atoms with Crippen molar-refractivity contribution >= 4 is 23.9 Å². The van der Waals surface area contributed by atoms with Gasteiger partial charge >= 0.3 is 12.3 Å². The predicted octanol–water partition coefficient (Wildman–Crippen LogP) is 4.97. The van der Waals surface area contributed by atoms with Crippen LogP contribution in [0.3, 0.4) is 0 Å². The van der Waals surface area contributed by atoms with Crippen molar-refractivity contribution in [2.45, 2.75) is 6.18 Å². The highest BCUT2D eigenvalue weighted by molar-refractivity contribution is 5.83. The summed E-state index contributed by atoms with van der Waals surface area (Å²) >= 11 is 0. The Morgan fingerprint density at radius 1 is 0.909 bits per heavy atom. The number of amides is 1. The molecule has 0 heterocycles. The van der Waals surface area contributed by atoms with E-state index in [1.807, 2.05) is 0 Å². The molecule has 2 aromatic rings. The van der Waals surface area contributed by atoms with Gasteiger partial charge in [-0.15, -0.1) is 0 Å². The Labute approximate surface area is 124 Å². The Morgan fingerprint density at radius 2 is 1.36 bits per heavy atom. The molecule has 3 nitrogen and oxygen atoms in total. The first-order valence-corrected chi connectivity index (χ1v) is 6.30. The van der Waals surface area contributed by atoms with Gasteiger partial charge in [0.05, 0.1) is 5.56 Å². The molecule has 1 amide bonds. The lowest BCUT2D eigenvalue weighted by Gasteiger charge is -2.06. The Morgan fingerprint density at radius 3 is 1.77 bits per heavy atom. The minimum atomic E-state index is -4.34. The van der Waals surface area contributed by atoms with Crippen molar-refractivity contribution in [3.8, 4) is 0 Å². The predicted molar refractivity (Wildman–Crippen MR) is 78.5 cm³/mol. The summed E-state index contributed by atoms with van der Waals surface area (Å²) < 4.78 is 37.3. The highest BCUT2D eigenvalue weighted by Crippen LogP contribution is 2.29. The maximum Gasteiger partial charge on any atom is 0.416 e. The van der Waals surface area contributed by atoms with Crippen molar-refractivity contribution in [1.82, 2.24) is 0 Å². The highest BCUT2D eigenvalue weighted by Gasteiger charge is 2.29. The monoisotopic (exact) mass is 307 g/mol. The first kappa shape index (κ1) is 15.6. The van der Waals surface area contributed by atoms with E-state index in [1.165, 1.54) is 12.1 Å². The zero-order valence-electron chi connectivity index (χ0n) is 11.3. The van der Waals surface area contributed by atoms with E-state index < -0.39 is 17.8 Å². The average Bonchev–Trinajstić information content (AvgIpc) is 2.45. The number of alkyl halides is 3. The minimum Gasteiger partial charge on any atom is -0.465 e. The second kappa shape index (κ2) is 6.34. The van der Waals surface area contributed by atoms with Crippen LogP contribution in [-0.2, 0) is 6.18 Å². The van der Waals surface area contributed by atoms with Crippen molar-refractivity contribution in [2.24, 2.45) is 0 Å². The summed E-state index contributed by atoms with van der Waals surface area (Å²) in [7, 11) is 0. The minimum absolute atomic E-state index is 0.444. The summed E-state index contributed by atoms with van der Waals surface area (Å²) in [5, 5.41) is 10.8. The maximum absolute atomic E-state index is 12.4. The lowest BCUT2D eigenvalue weighted by atomic mass is 10.1. The number of carbonyl (C=O) groups is 1. The van der Waals surface area contributed by atoms with Crippen LogP contribution in [-0.4, -0.2) is 11.2 Å². The summed E-state index contributed by atoms with van der Waals surface area (Å²) in [6, 6.07) is 11.4. The first-order chi connectivity index (χ1) is 10.3. The summed E-state index contributed by atoms with van der Waals surface area (Å²) in [5.41, 5.74) is 1.20. The fourth-order valence-electron chi connectivity index (χ4n) is 1.78. The SMILES string of the molecule is O=C(O)Nc1ccc(C=Cc2ccc(C(F)(F)F)cc2)cc1. The number of rotatable bonds is 3. The van der Waals surface area contributed by atoms with E-state index in [1.54, 1.807) is 36.4 Å². The van der Waals surface area contributed by atoms with E-state index in [9.17, 15) is 18.0 Å². The zero-order valence-corrected chi connectivity index (χ0v) is 11.3. The largest absolute Gasteiger partial charge is 0.465 e. The fraction of sp³-hybridized carbons (Fsp3) is 0.0625. The third-order valence-corrected chi connectivity index (χ3v) is 2.87. The molecule has 0 saturated heterocycles. The number of nitrogens with one attached hydrogen (secondary N) is 1. The van der Waals surface area contributed by atoms with Gasteiger partial charge in [0.25, 0.3) is 0 Å². The van der Waals surface area contributed by atoms with Gasteiger partial charge in [0, 0.05) is 5.69 Å².